The maximum absolute atomic E-state index is 14.5. The first-order chi connectivity index (χ1) is 14.8. The Balaban J connectivity index is 1.62. The van der Waals surface area contributed by atoms with Crippen molar-refractivity contribution in [1.29, 1.82) is 0 Å². The summed E-state index contributed by atoms with van der Waals surface area (Å²) in [7, 11) is 0. The second kappa shape index (κ2) is 7.71. The summed E-state index contributed by atoms with van der Waals surface area (Å²) in [4.78, 5) is 25.7. The molecule has 0 bridgehead atoms. The van der Waals surface area contributed by atoms with Crippen LogP contribution in [0.25, 0.3) is 17.0 Å². The molecule has 2 amide bonds. The van der Waals surface area contributed by atoms with Crippen molar-refractivity contribution in [2.75, 3.05) is 18.4 Å². The molecule has 0 saturated carbocycles. The molecule has 1 saturated heterocycles. The predicted octanol–water partition coefficient (Wildman–Crippen LogP) is 4.14. The number of benzene rings is 1. The number of carbonyl (C=O) groups is 1. The van der Waals surface area contributed by atoms with E-state index in [0.29, 0.717) is 17.1 Å². The highest BCUT2D eigenvalue weighted by Gasteiger charge is 2.46. The molecule has 1 aliphatic rings. The lowest BCUT2D eigenvalue weighted by atomic mass is 10.1. The van der Waals surface area contributed by atoms with E-state index < -0.39 is 30.9 Å². The van der Waals surface area contributed by atoms with Gasteiger partial charge in [-0.3, -0.25) is 9.39 Å². The van der Waals surface area contributed by atoms with E-state index in [-0.39, 0.29) is 16.9 Å². The number of nitrogens with one attached hydrogen (secondary N) is 1. The van der Waals surface area contributed by atoms with Crippen LogP contribution in [-0.2, 0) is 0 Å². The van der Waals surface area contributed by atoms with Gasteiger partial charge in [0, 0.05) is 41.6 Å². The Bertz CT molecular complexity index is 1230. The van der Waals surface area contributed by atoms with Crippen LogP contribution in [0.4, 0.5) is 23.7 Å². The van der Waals surface area contributed by atoms with E-state index in [1.54, 1.807) is 29.1 Å². The van der Waals surface area contributed by atoms with Crippen LogP contribution in [0.3, 0.4) is 0 Å². The van der Waals surface area contributed by atoms with Crippen molar-refractivity contribution in [3.8, 4) is 11.3 Å². The number of alkyl halides is 2. The van der Waals surface area contributed by atoms with Gasteiger partial charge >= 0.3 is 6.03 Å². The Morgan fingerprint density at radius 3 is 2.71 bits per heavy atom. The fraction of sp³-hybridized carbons (Fsp3) is 0.143. The zero-order valence-corrected chi connectivity index (χ0v) is 16.2. The molecule has 31 heavy (non-hydrogen) atoms. The maximum Gasteiger partial charge on any atom is 0.322 e. The molecule has 0 aliphatic carbocycles. The third-order valence-corrected chi connectivity index (χ3v) is 4.65. The van der Waals surface area contributed by atoms with Gasteiger partial charge in [-0.1, -0.05) is 13.2 Å². The van der Waals surface area contributed by atoms with Gasteiger partial charge in [-0.05, 0) is 24.3 Å². The smallest absolute Gasteiger partial charge is 0.312 e. The average Bonchev–Trinajstić information content (AvgIpc) is 3.14. The van der Waals surface area contributed by atoms with Crippen LogP contribution in [-0.4, -0.2) is 50.0 Å². The van der Waals surface area contributed by atoms with E-state index in [2.05, 4.69) is 33.4 Å². The minimum atomic E-state index is -2.87. The van der Waals surface area contributed by atoms with Crippen LogP contribution in [0.5, 0.6) is 0 Å². The van der Waals surface area contributed by atoms with E-state index in [0.717, 1.165) is 4.90 Å². The molecular weight excluding hydrogens is 409 g/mol. The van der Waals surface area contributed by atoms with Gasteiger partial charge in [-0.2, -0.15) is 0 Å². The Labute approximate surface area is 175 Å². The molecule has 3 heterocycles. The fourth-order valence-electron chi connectivity index (χ4n) is 3.15. The predicted molar refractivity (Wildman–Crippen MR) is 111 cm³/mol. The molecule has 3 aromatic rings. The van der Waals surface area contributed by atoms with Crippen LogP contribution in [0.2, 0.25) is 0 Å². The number of rotatable bonds is 5. The lowest BCUT2D eigenvalue weighted by Crippen LogP contribution is -2.59. The van der Waals surface area contributed by atoms with Gasteiger partial charge in [0.2, 0.25) is 5.78 Å². The zero-order valence-electron chi connectivity index (χ0n) is 16.2. The van der Waals surface area contributed by atoms with Crippen molar-refractivity contribution in [1.82, 2.24) is 19.3 Å². The maximum atomic E-state index is 14.5. The molecule has 0 atom stereocenters. The van der Waals surface area contributed by atoms with Crippen molar-refractivity contribution >= 4 is 23.2 Å². The molecule has 158 valence electrons. The Morgan fingerprint density at radius 2 is 2.03 bits per heavy atom. The number of aromatic nitrogens is 3. The number of aliphatic imine (C=N–C) groups is 1. The standard InChI is InChI=1S/C21H17F3N6O/c1-3-17(25-4-2)13-8-26-19-28-18(10-29(19)9-13)15-7-14(5-6-16(15)22)27-20(31)30-11-21(23,24)12-30/h3-10H,1-2,11-12H2,(H,27,31). The minimum absolute atomic E-state index is 0.127. The summed E-state index contributed by atoms with van der Waals surface area (Å²) in [6.07, 6.45) is 7.81. The number of urea groups is 1. The second-order valence-electron chi connectivity index (χ2n) is 6.91. The third-order valence-electron chi connectivity index (χ3n) is 4.65. The molecule has 10 heteroatoms. The van der Waals surface area contributed by atoms with Gasteiger partial charge in [0.25, 0.3) is 5.92 Å². The summed E-state index contributed by atoms with van der Waals surface area (Å²) < 4.78 is 42.0. The number of likely N-dealkylation sites (tertiary alicyclic amines) is 1. The molecule has 1 N–H and O–H groups in total. The number of halogens is 3. The highest BCUT2D eigenvalue weighted by molar-refractivity contribution is 6.08. The van der Waals surface area contributed by atoms with E-state index in [1.165, 1.54) is 24.4 Å². The molecule has 1 aliphatic heterocycles. The van der Waals surface area contributed by atoms with Crippen molar-refractivity contribution in [2.24, 2.45) is 4.99 Å². The van der Waals surface area contributed by atoms with E-state index in [4.69, 9.17) is 0 Å². The summed E-state index contributed by atoms with van der Waals surface area (Å²) in [5.41, 5.74) is 1.90. The van der Waals surface area contributed by atoms with Crippen molar-refractivity contribution < 1.29 is 18.0 Å². The molecule has 4 rings (SSSR count). The monoisotopic (exact) mass is 426 g/mol. The topological polar surface area (TPSA) is 74.9 Å². The van der Waals surface area contributed by atoms with Crippen LogP contribution in [0, 0.1) is 5.82 Å². The third kappa shape index (κ3) is 4.04. The number of carbonyl (C=O) groups excluding carboxylic acids is 1. The van der Waals surface area contributed by atoms with Crippen molar-refractivity contribution in [3.05, 3.63) is 73.6 Å². The highest BCUT2D eigenvalue weighted by atomic mass is 19.3. The van der Waals surface area contributed by atoms with E-state index in [9.17, 15) is 18.0 Å². The lowest BCUT2D eigenvalue weighted by molar-refractivity contribution is -0.107. The second-order valence-corrected chi connectivity index (χ2v) is 6.91. The summed E-state index contributed by atoms with van der Waals surface area (Å²) in [6, 6.07) is 3.24. The first kappa shape index (κ1) is 20.3. The number of hydrogen-bond donors (Lipinski definition) is 1. The summed E-state index contributed by atoms with van der Waals surface area (Å²) in [6.45, 7) is 5.98. The number of amides is 2. The summed E-state index contributed by atoms with van der Waals surface area (Å²) in [5, 5.41) is 2.50. The van der Waals surface area contributed by atoms with Gasteiger partial charge in [-0.25, -0.2) is 27.9 Å². The molecule has 1 fully saturated rings. The molecule has 0 radical (unpaired) electrons. The van der Waals surface area contributed by atoms with Gasteiger partial charge in [0.1, 0.15) is 5.82 Å². The number of imidazole rings is 1. The van der Waals surface area contributed by atoms with Crippen LogP contribution < -0.4 is 5.32 Å². The lowest BCUT2D eigenvalue weighted by Gasteiger charge is -2.38. The largest absolute Gasteiger partial charge is 0.322 e. The zero-order chi connectivity index (χ0) is 22.2. The SMILES string of the molecule is C=CN=C(C=C)c1cnc2nc(-c3cc(NC(=O)N4CC(F)(F)C4)ccc3F)cn2c1. The molecule has 2 aromatic heterocycles. The van der Waals surface area contributed by atoms with E-state index in [1.807, 2.05) is 0 Å². The Kier molecular flexibility index (Phi) is 5.05. The average molecular weight is 426 g/mol. The quantitative estimate of drug-likeness (QED) is 0.624. The number of allylic oxidation sites excluding steroid dienone is 1. The molecular formula is C21H17F3N6O. The van der Waals surface area contributed by atoms with Gasteiger partial charge in [-0.15, -0.1) is 0 Å². The van der Waals surface area contributed by atoms with E-state index >= 15 is 0 Å². The van der Waals surface area contributed by atoms with Gasteiger partial charge in [0.05, 0.1) is 24.5 Å². The van der Waals surface area contributed by atoms with Gasteiger partial charge < -0.3 is 10.2 Å². The Morgan fingerprint density at radius 1 is 1.26 bits per heavy atom. The number of fused-ring (bicyclic) bond motifs is 1. The molecule has 1 aromatic carbocycles. The van der Waals surface area contributed by atoms with Crippen LogP contribution >= 0.6 is 0 Å². The molecule has 0 unspecified atom stereocenters. The first-order valence-corrected chi connectivity index (χ1v) is 9.19. The molecule has 0 spiro atoms. The normalized spacial score (nSPS) is 15.5. The summed E-state index contributed by atoms with van der Waals surface area (Å²) >= 11 is 0. The Hall–Kier alpha value is -3.95. The van der Waals surface area contributed by atoms with Crippen molar-refractivity contribution in [2.45, 2.75) is 5.92 Å². The highest BCUT2D eigenvalue weighted by Crippen LogP contribution is 2.29. The number of hydrogen-bond acceptors (Lipinski definition) is 4. The van der Waals surface area contributed by atoms with Crippen molar-refractivity contribution in [3.63, 3.8) is 0 Å². The van der Waals surface area contributed by atoms with Gasteiger partial charge in [0.15, 0.2) is 0 Å². The molecule has 7 nitrogen and oxygen atoms in total. The number of nitrogens with zero attached hydrogens (tertiary/aromatic N) is 5. The fourth-order valence-corrected chi connectivity index (χ4v) is 3.15. The first-order valence-electron chi connectivity index (χ1n) is 9.19. The number of anilines is 1. The van der Waals surface area contributed by atoms with Crippen LogP contribution in [0.1, 0.15) is 5.56 Å². The minimum Gasteiger partial charge on any atom is -0.312 e. The summed E-state index contributed by atoms with van der Waals surface area (Å²) in [5.74, 6) is -3.09. The van der Waals surface area contributed by atoms with Crippen LogP contribution in [0.15, 0.2) is 67.2 Å².